The van der Waals surface area contributed by atoms with E-state index in [1.807, 2.05) is 24.0 Å². The third-order valence-electron chi connectivity index (χ3n) is 3.20. The predicted octanol–water partition coefficient (Wildman–Crippen LogP) is 0.982. The Morgan fingerprint density at radius 3 is 2.30 bits per heavy atom. The standard InChI is InChI=1S/C13H19N3O2S.ClH/c1-10-3-4-11(19-10)13(18)16-7-5-15(6-8-16)12(17)9-14-2;/h3-4,14H,5-9H2,1-2H3;1H. The molecule has 1 N–H and O–H groups in total. The van der Waals surface area contributed by atoms with E-state index in [1.165, 1.54) is 11.3 Å². The molecule has 1 saturated heterocycles. The van der Waals surface area contributed by atoms with Gasteiger partial charge in [0.2, 0.25) is 5.91 Å². The van der Waals surface area contributed by atoms with Crippen LogP contribution in [-0.4, -0.2) is 61.4 Å². The molecule has 5 nitrogen and oxygen atoms in total. The normalized spacial score (nSPS) is 14.9. The molecule has 2 heterocycles. The average molecular weight is 318 g/mol. The molecule has 1 aliphatic heterocycles. The lowest BCUT2D eigenvalue weighted by atomic mass is 10.3. The maximum Gasteiger partial charge on any atom is 0.264 e. The molecular formula is C13H20ClN3O2S. The molecule has 1 aromatic heterocycles. The van der Waals surface area contributed by atoms with Crippen LogP contribution in [0.1, 0.15) is 14.5 Å². The molecule has 1 aliphatic rings. The smallest absolute Gasteiger partial charge is 0.264 e. The largest absolute Gasteiger partial charge is 0.338 e. The quantitative estimate of drug-likeness (QED) is 0.904. The Morgan fingerprint density at radius 1 is 1.20 bits per heavy atom. The summed E-state index contributed by atoms with van der Waals surface area (Å²) in [6.45, 7) is 4.83. The highest BCUT2D eigenvalue weighted by molar-refractivity contribution is 7.13. The van der Waals surface area contributed by atoms with Gasteiger partial charge in [-0.3, -0.25) is 9.59 Å². The molecule has 7 heteroatoms. The highest BCUT2D eigenvalue weighted by Crippen LogP contribution is 2.18. The number of nitrogens with one attached hydrogen (secondary N) is 1. The monoisotopic (exact) mass is 317 g/mol. The molecule has 0 saturated carbocycles. The number of piperazine rings is 1. The summed E-state index contributed by atoms with van der Waals surface area (Å²) in [6.07, 6.45) is 0. The first-order chi connectivity index (χ1) is 9.11. The fourth-order valence-corrected chi connectivity index (χ4v) is 2.96. The first kappa shape index (κ1) is 16.9. The van der Waals surface area contributed by atoms with Gasteiger partial charge in [0.1, 0.15) is 0 Å². The summed E-state index contributed by atoms with van der Waals surface area (Å²) in [7, 11) is 1.76. The second-order valence-corrected chi connectivity index (χ2v) is 5.90. The Balaban J connectivity index is 0.00000200. The van der Waals surface area contributed by atoms with Crippen LogP contribution in [0.25, 0.3) is 0 Å². The van der Waals surface area contributed by atoms with E-state index in [2.05, 4.69) is 5.32 Å². The van der Waals surface area contributed by atoms with Crippen molar-refractivity contribution in [2.24, 2.45) is 0 Å². The van der Waals surface area contributed by atoms with E-state index in [4.69, 9.17) is 0 Å². The second-order valence-electron chi connectivity index (χ2n) is 4.61. The lowest BCUT2D eigenvalue weighted by Gasteiger charge is -2.34. The number of halogens is 1. The van der Waals surface area contributed by atoms with Gasteiger partial charge in [-0.1, -0.05) is 0 Å². The zero-order valence-electron chi connectivity index (χ0n) is 11.7. The Bertz CT molecular complexity index is 470. The van der Waals surface area contributed by atoms with Crippen molar-refractivity contribution in [2.75, 3.05) is 39.8 Å². The van der Waals surface area contributed by atoms with E-state index >= 15 is 0 Å². The van der Waals surface area contributed by atoms with Crippen LogP contribution in [0.2, 0.25) is 0 Å². The van der Waals surface area contributed by atoms with E-state index in [9.17, 15) is 9.59 Å². The van der Waals surface area contributed by atoms with Gasteiger partial charge < -0.3 is 15.1 Å². The number of likely N-dealkylation sites (N-methyl/N-ethyl adjacent to an activating group) is 1. The second kappa shape index (κ2) is 7.61. The van der Waals surface area contributed by atoms with Crippen molar-refractivity contribution in [1.82, 2.24) is 15.1 Å². The van der Waals surface area contributed by atoms with Crippen LogP contribution in [0.3, 0.4) is 0 Å². The lowest BCUT2D eigenvalue weighted by molar-refractivity contribution is -0.131. The Kier molecular flexibility index (Phi) is 6.45. The van der Waals surface area contributed by atoms with Gasteiger partial charge in [-0.2, -0.15) is 0 Å². The zero-order chi connectivity index (χ0) is 13.8. The van der Waals surface area contributed by atoms with Crippen LogP contribution < -0.4 is 5.32 Å². The average Bonchev–Trinajstić information content (AvgIpc) is 2.85. The summed E-state index contributed by atoms with van der Waals surface area (Å²) in [6, 6.07) is 3.84. The number of thiophene rings is 1. The highest BCUT2D eigenvalue weighted by atomic mass is 35.5. The highest BCUT2D eigenvalue weighted by Gasteiger charge is 2.24. The van der Waals surface area contributed by atoms with Crippen molar-refractivity contribution in [3.05, 3.63) is 21.9 Å². The van der Waals surface area contributed by atoms with Crippen LogP contribution >= 0.6 is 23.7 Å². The minimum absolute atomic E-state index is 0. The van der Waals surface area contributed by atoms with E-state index in [0.29, 0.717) is 32.7 Å². The molecule has 0 radical (unpaired) electrons. The van der Waals surface area contributed by atoms with E-state index < -0.39 is 0 Å². The van der Waals surface area contributed by atoms with E-state index in [-0.39, 0.29) is 24.2 Å². The van der Waals surface area contributed by atoms with Gasteiger partial charge in [0.15, 0.2) is 0 Å². The zero-order valence-corrected chi connectivity index (χ0v) is 13.4. The van der Waals surface area contributed by atoms with E-state index in [0.717, 1.165) is 9.75 Å². The number of nitrogens with zero attached hydrogens (tertiary/aromatic N) is 2. The number of hydrogen-bond donors (Lipinski definition) is 1. The Hall–Kier alpha value is -1.11. The van der Waals surface area contributed by atoms with Gasteiger partial charge in [0.05, 0.1) is 11.4 Å². The van der Waals surface area contributed by atoms with Gasteiger partial charge in [0, 0.05) is 31.1 Å². The van der Waals surface area contributed by atoms with Gasteiger partial charge >= 0.3 is 0 Å². The number of carbonyl (C=O) groups is 2. The Morgan fingerprint density at radius 2 is 1.80 bits per heavy atom. The SMILES string of the molecule is CNCC(=O)N1CCN(C(=O)c2ccc(C)s2)CC1.Cl. The summed E-state index contributed by atoms with van der Waals surface area (Å²) in [4.78, 5) is 29.5. The van der Waals surface area contributed by atoms with Gasteiger partial charge in [-0.25, -0.2) is 0 Å². The van der Waals surface area contributed by atoms with Gasteiger partial charge in [0.25, 0.3) is 5.91 Å². The number of rotatable bonds is 3. The molecule has 2 amide bonds. The van der Waals surface area contributed by atoms with Crippen LogP contribution in [0.15, 0.2) is 12.1 Å². The van der Waals surface area contributed by atoms with Crippen LogP contribution in [-0.2, 0) is 4.79 Å². The number of hydrogen-bond acceptors (Lipinski definition) is 4. The molecule has 1 aromatic rings. The maximum atomic E-state index is 12.2. The summed E-state index contributed by atoms with van der Waals surface area (Å²) >= 11 is 1.52. The number of amides is 2. The molecule has 20 heavy (non-hydrogen) atoms. The van der Waals surface area contributed by atoms with Gasteiger partial charge in [-0.15, -0.1) is 23.7 Å². The summed E-state index contributed by atoms with van der Waals surface area (Å²) in [5, 5.41) is 2.86. The maximum absolute atomic E-state index is 12.2. The summed E-state index contributed by atoms with van der Waals surface area (Å²) < 4.78 is 0. The molecule has 0 aromatic carbocycles. The van der Waals surface area contributed by atoms with E-state index in [1.54, 1.807) is 11.9 Å². The topological polar surface area (TPSA) is 52.7 Å². The molecule has 0 bridgehead atoms. The third kappa shape index (κ3) is 3.94. The van der Waals surface area contributed by atoms with Crippen molar-refractivity contribution in [3.8, 4) is 0 Å². The lowest BCUT2D eigenvalue weighted by Crippen LogP contribution is -2.52. The Labute approximate surface area is 129 Å². The molecule has 0 spiro atoms. The van der Waals surface area contributed by atoms with Crippen LogP contribution in [0, 0.1) is 6.92 Å². The van der Waals surface area contributed by atoms with Crippen molar-refractivity contribution >= 4 is 35.6 Å². The molecule has 2 rings (SSSR count). The fraction of sp³-hybridized carbons (Fsp3) is 0.538. The van der Waals surface area contributed by atoms with Gasteiger partial charge in [-0.05, 0) is 26.1 Å². The van der Waals surface area contributed by atoms with Crippen LogP contribution in [0.5, 0.6) is 0 Å². The minimum Gasteiger partial charge on any atom is -0.338 e. The molecule has 0 aliphatic carbocycles. The molecular weight excluding hydrogens is 298 g/mol. The van der Waals surface area contributed by atoms with Crippen molar-refractivity contribution < 1.29 is 9.59 Å². The number of carbonyl (C=O) groups excluding carboxylic acids is 2. The molecule has 0 unspecified atom stereocenters. The molecule has 1 fully saturated rings. The van der Waals surface area contributed by atoms with Crippen LogP contribution in [0.4, 0.5) is 0 Å². The van der Waals surface area contributed by atoms with Crippen molar-refractivity contribution in [1.29, 1.82) is 0 Å². The minimum atomic E-state index is 0. The summed E-state index contributed by atoms with van der Waals surface area (Å²) in [5.41, 5.74) is 0. The summed E-state index contributed by atoms with van der Waals surface area (Å²) in [5.74, 6) is 0.181. The first-order valence-corrected chi connectivity index (χ1v) is 7.21. The third-order valence-corrected chi connectivity index (χ3v) is 4.19. The van der Waals surface area contributed by atoms with Crippen molar-refractivity contribution in [3.63, 3.8) is 0 Å². The first-order valence-electron chi connectivity index (χ1n) is 6.40. The number of aryl methyl sites for hydroxylation is 1. The van der Waals surface area contributed by atoms with Crippen molar-refractivity contribution in [2.45, 2.75) is 6.92 Å². The molecule has 0 atom stereocenters. The predicted molar refractivity (Wildman–Crippen MR) is 82.7 cm³/mol. The molecule has 112 valence electrons. The fourth-order valence-electron chi connectivity index (χ4n) is 2.13.